The zero-order chi connectivity index (χ0) is 20.8. The van der Waals surface area contributed by atoms with Crippen LogP contribution in [0.5, 0.6) is 0 Å². The largest absolute Gasteiger partial charge is 0.344 e. The van der Waals surface area contributed by atoms with Crippen molar-refractivity contribution in [1.29, 1.82) is 0 Å². The van der Waals surface area contributed by atoms with Crippen LogP contribution in [-0.2, 0) is 16.1 Å². The van der Waals surface area contributed by atoms with Crippen LogP contribution in [0.15, 0.2) is 30.3 Å². The molecule has 1 saturated carbocycles. The second-order valence-electron chi connectivity index (χ2n) is 9.27. The number of hydrogen-bond acceptors (Lipinski definition) is 3. The summed E-state index contributed by atoms with van der Waals surface area (Å²) in [6.45, 7) is 10.4. The first-order valence-electron chi connectivity index (χ1n) is 11.3. The summed E-state index contributed by atoms with van der Waals surface area (Å²) in [6, 6.07) is 10.1. The van der Waals surface area contributed by atoms with Gasteiger partial charge in [0.2, 0.25) is 11.8 Å². The zero-order valence-electron chi connectivity index (χ0n) is 18.3. The molecule has 2 aliphatic rings. The average molecular weight is 400 g/mol. The minimum Gasteiger partial charge on any atom is -0.344 e. The summed E-state index contributed by atoms with van der Waals surface area (Å²) in [5, 5.41) is 3.11. The molecule has 0 aromatic heterocycles. The van der Waals surface area contributed by atoms with Crippen molar-refractivity contribution in [3.05, 3.63) is 35.9 Å². The normalized spacial score (nSPS) is 24.3. The standard InChI is InChI=1S/C24H37N3O2/c1-18(2)22(25-23(28)21-11-9-19(3)10-12-21)24(29)27-15-13-26(14-16-27)17-20-7-5-4-6-8-20/h4-8,18-19,21-22H,9-17H2,1-3H3,(H,25,28)/t19?,21?,22-/m1/s1. The molecule has 0 bridgehead atoms. The van der Waals surface area contributed by atoms with E-state index in [9.17, 15) is 9.59 Å². The molecule has 0 spiro atoms. The van der Waals surface area contributed by atoms with Gasteiger partial charge in [-0.05, 0) is 43.1 Å². The fraction of sp³-hybridized carbons (Fsp3) is 0.667. The number of nitrogens with zero attached hydrogens (tertiary/aromatic N) is 2. The van der Waals surface area contributed by atoms with Crippen LogP contribution in [0.1, 0.15) is 52.0 Å². The Morgan fingerprint density at radius 2 is 1.62 bits per heavy atom. The molecule has 160 valence electrons. The van der Waals surface area contributed by atoms with Crippen LogP contribution in [-0.4, -0.2) is 53.8 Å². The third-order valence-electron chi connectivity index (χ3n) is 6.55. The van der Waals surface area contributed by atoms with Crippen molar-refractivity contribution in [1.82, 2.24) is 15.1 Å². The van der Waals surface area contributed by atoms with Gasteiger partial charge in [-0.1, -0.05) is 51.1 Å². The maximum Gasteiger partial charge on any atom is 0.245 e. The van der Waals surface area contributed by atoms with Crippen molar-refractivity contribution in [3.63, 3.8) is 0 Å². The Labute approximate surface area is 175 Å². The third kappa shape index (κ3) is 6.05. The summed E-state index contributed by atoms with van der Waals surface area (Å²) in [7, 11) is 0. The lowest BCUT2D eigenvalue weighted by Gasteiger charge is -2.37. The van der Waals surface area contributed by atoms with Gasteiger partial charge >= 0.3 is 0 Å². The van der Waals surface area contributed by atoms with Crippen LogP contribution < -0.4 is 5.32 Å². The minimum absolute atomic E-state index is 0.0722. The molecule has 2 amide bonds. The van der Waals surface area contributed by atoms with Crippen LogP contribution >= 0.6 is 0 Å². The van der Waals surface area contributed by atoms with Gasteiger partial charge in [-0.15, -0.1) is 0 Å². The molecule has 0 unspecified atom stereocenters. The number of benzene rings is 1. The molecule has 1 aromatic carbocycles. The van der Waals surface area contributed by atoms with Gasteiger partial charge in [-0.25, -0.2) is 0 Å². The fourth-order valence-corrected chi connectivity index (χ4v) is 4.47. The first-order valence-corrected chi connectivity index (χ1v) is 11.3. The maximum absolute atomic E-state index is 13.2. The van der Waals surface area contributed by atoms with Crippen LogP contribution in [0.2, 0.25) is 0 Å². The fourth-order valence-electron chi connectivity index (χ4n) is 4.47. The van der Waals surface area contributed by atoms with E-state index in [0.717, 1.165) is 58.4 Å². The SMILES string of the molecule is CC1CCC(C(=O)N[C@@H](C(=O)N2CCN(Cc3ccccc3)CC2)C(C)C)CC1. The second-order valence-corrected chi connectivity index (χ2v) is 9.27. The van der Waals surface area contributed by atoms with E-state index >= 15 is 0 Å². The average Bonchev–Trinajstić information content (AvgIpc) is 2.73. The van der Waals surface area contributed by atoms with Crippen molar-refractivity contribution in [2.45, 2.75) is 59.0 Å². The van der Waals surface area contributed by atoms with Gasteiger partial charge in [-0.3, -0.25) is 14.5 Å². The summed E-state index contributed by atoms with van der Waals surface area (Å²) in [5.74, 6) is 1.04. The monoisotopic (exact) mass is 399 g/mol. The molecule has 2 fully saturated rings. The molecule has 0 radical (unpaired) electrons. The predicted octanol–water partition coefficient (Wildman–Crippen LogP) is 3.30. The Morgan fingerprint density at radius 1 is 1.00 bits per heavy atom. The summed E-state index contributed by atoms with van der Waals surface area (Å²) in [6.07, 6.45) is 4.12. The van der Waals surface area contributed by atoms with Crippen LogP contribution in [0.25, 0.3) is 0 Å². The highest BCUT2D eigenvalue weighted by atomic mass is 16.2. The highest BCUT2D eigenvalue weighted by molar-refractivity contribution is 5.88. The molecule has 1 aliphatic heterocycles. The molecular formula is C24H37N3O2. The maximum atomic E-state index is 13.2. The number of amides is 2. The van der Waals surface area contributed by atoms with Gasteiger partial charge in [0.05, 0.1) is 0 Å². The molecule has 1 aromatic rings. The molecule has 1 saturated heterocycles. The van der Waals surface area contributed by atoms with Crippen molar-refractivity contribution in [2.24, 2.45) is 17.8 Å². The quantitative estimate of drug-likeness (QED) is 0.799. The van der Waals surface area contributed by atoms with Gasteiger partial charge in [0.1, 0.15) is 6.04 Å². The molecule has 29 heavy (non-hydrogen) atoms. The Bertz CT molecular complexity index is 660. The van der Waals surface area contributed by atoms with Crippen LogP contribution in [0.4, 0.5) is 0 Å². The molecule has 1 aliphatic carbocycles. The summed E-state index contributed by atoms with van der Waals surface area (Å²) < 4.78 is 0. The first kappa shape index (κ1) is 21.8. The highest BCUT2D eigenvalue weighted by Crippen LogP contribution is 2.28. The van der Waals surface area contributed by atoms with E-state index in [4.69, 9.17) is 0 Å². The Kier molecular flexibility index (Phi) is 7.70. The zero-order valence-corrected chi connectivity index (χ0v) is 18.3. The van der Waals surface area contributed by atoms with Crippen LogP contribution in [0, 0.1) is 17.8 Å². The topological polar surface area (TPSA) is 52.7 Å². The van der Waals surface area contributed by atoms with E-state index in [1.165, 1.54) is 5.56 Å². The Morgan fingerprint density at radius 3 is 2.21 bits per heavy atom. The number of nitrogens with one attached hydrogen (secondary N) is 1. The molecule has 1 atom stereocenters. The number of piperazine rings is 1. The van der Waals surface area contributed by atoms with E-state index in [2.05, 4.69) is 41.4 Å². The number of rotatable bonds is 6. The van der Waals surface area contributed by atoms with Gasteiger partial charge < -0.3 is 10.2 Å². The van der Waals surface area contributed by atoms with Gasteiger partial charge in [0.25, 0.3) is 0 Å². The van der Waals surface area contributed by atoms with Gasteiger partial charge in [0.15, 0.2) is 0 Å². The highest BCUT2D eigenvalue weighted by Gasteiger charge is 2.33. The molecule has 1 heterocycles. The molecular weight excluding hydrogens is 362 g/mol. The molecule has 5 nitrogen and oxygen atoms in total. The van der Waals surface area contributed by atoms with Crippen molar-refractivity contribution < 1.29 is 9.59 Å². The predicted molar refractivity (Wildman–Crippen MR) is 116 cm³/mol. The van der Waals surface area contributed by atoms with Gasteiger partial charge in [-0.2, -0.15) is 0 Å². The van der Waals surface area contributed by atoms with Crippen molar-refractivity contribution >= 4 is 11.8 Å². The third-order valence-corrected chi connectivity index (χ3v) is 6.55. The smallest absolute Gasteiger partial charge is 0.245 e. The lowest BCUT2D eigenvalue weighted by atomic mass is 9.82. The lowest BCUT2D eigenvalue weighted by molar-refractivity contribution is -0.140. The van der Waals surface area contributed by atoms with Crippen molar-refractivity contribution in [3.8, 4) is 0 Å². The number of carbonyl (C=O) groups is 2. The second kappa shape index (κ2) is 10.2. The number of carbonyl (C=O) groups excluding carboxylic acids is 2. The van der Waals surface area contributed by atoms with E-state index in [1.807, 2.05) is 24.8 Å². The van der Waals surface area contributed by atoms with Gasteiger partial charge in [0, 0.05) is 38.6 Å². The van der Waals surface area contributed by atoms with E-state index in [0.29, 0.717) is 5.92 Å². The van der Waals surface area contributed by atoms with E-state index < -0.39 is 6.04 Å². The molecule has 5 heteroatoms. The molecule has 1 N–H and O–H groups in total. The Balaban J connectivity index is 1.51. The summed E-state index contributed by atoms with van der Waals surface area (Å²) in [4.78, 5) is 30.3. The van der Waals surface area contributed by atoms with E-state index in [-0.39, 0.29) is 23.7 Å². The lowest BCUT2D eigenvalue weighted by Crippen LogP contribution is -2.57. The molecule has 3 rings (SSSR count). The minimum atomic E-state index is -0.414. The van der Waals surface area contributed by atoms with Crippen molar-refractivity contribution in [2.75, 3.05) is 26.2 Å². The summed E-state index contributed by atoms with van der Waals surface area (Å²) in [5.41, 5.74) is 1.31. The first-order chi connectivity index (χ1) is 13.9. The van der Waals surface area contributed by atoms with E-state index in [1.54, 1.807) is 0 Å². The summed E-state index contributed by atoms with van der Waals surface area (Å²) >= 11 is 0. The number of hydrogen-bond donors (Lipinski definition) is 1. The Hall–Kier alpha value is -1.88. The van der Waals surface area contributed by atoms with Crippen LogP contribution in [0.3, 0.4) is 0 Å².